The summed E-state index contributed by atoms with van der Waals surface area (Å²) < 4.78 is 3.37. The largest absolute Gasteiger partial charge is 0.330 e. The Kier molecular flexibility index (Phi) is 5.80. The van der Waals surface area contributed by atoms with Gasteiger partial charge in [0.1, 0.15) is 5.82 Å². The minimum atomic E-state index is 0.867. The number of nitrogens with one attached hydrogen (secondary N) is 1. The number of hydrogen-bond donors (Lipinski definition) is 1. The minimum Gasteiger partial charge on any atom is -0.330 e. The normalized spacial score (nSPS) is 10.9. The van der Waals surface area contributed by atoms with E-state index < -0.39 is 0 Å². The second-order valence-electron chi connectivity index (χ2n) is 4.93. The molecule has 1 aromatic carbocycles. The van der Waals surface area contributed by atoms with E-state index in [2.05, 4.69) is 62.8 Å². The van der Waals surface area contributed by atoms with Crippen LogP contribution in [0, 0.1) is 0 Å². The van der Waals surface area contributed by atoms with Crippen LogP contribution >= 0.6 is 15.9 Å². The molecule has 1 heterocycles. The van der Waals surface area contributed by atoms with Crippen LogP contribution in [0.5, 0.6) is 0 Å². The zero-order valence-corrected chi connectivity index (χ0v) is 13.8. The first kappa shape index (κ1) is 15.3. The molecule has 0 saturated carbocycles. The van der Waals surface area contributed by atoms with Gasteiger partial charge in [0.05, 0.1) is 0 Å². The number of imidazole rings is 1. The van der Waals surface area contributed by atoms with Gasteiger partial charge in [0.2, 0.25) is 0 Å². The molecule has 0 amide bonds. The van der Waals surface area contributed by atoms with Crippen molar-refractivity contribution in [2.45, 2.75) is 39.8 Å². The molecule has 0 spiro atoms. The highest BCUT2D eigenvalue weighted by atomic mass is 79.9. The fraction of sp³-hybridized carbons (Fsp3) is 0.438. The molecule has 0 aliphatic carbocycles. The average molecular weight is 336 g/mol. The van der Waals surface area contributed by atoms with Crippen molar-refractivity contribution in [1.29, 1.82) is 0 Å². The number of hydrogen-bond acceptors (Lipinski definition) is 2. The maximum Gasteiger partial charge on any atom is 0.108 e. The number of nitrogens with zero attached hydrogens (tertiary/aromatic N) is 2. The minimum absolute atomic E-state index is 0.867. The quantitative estimate of drug-likeness (QED) is 0.781. The molecule has 0 radical (unpaired) electrons. The number of benzene rings is 1. The zero-order chi connectivity index (χ0) is 14.4. The summed E-state index contributed by atoms with van der Waals surface area (Å²) in [6.45, 7) is 7.18. The number of aromatic nitrogens is 2. The number of halogens is 1. The highest BCUT2D eigenvalue weighted by Crippen LogP contribution is 2.20. The lowest BCUT2D eigenvalue weighted by Gasteiger charge is -2.11. The topological polar surface area (TPSA) is 29.9 Å². The summed E-state index contributed by atoms with van der Waals surface area (Å²) in [4.78, 5) is 4.37. The second kappa shape index (κ2) is 7.60. The van der Waals surface area contributed by atoms with Gasteiger partial charge in [-0.2, -0.15) is 0 Å². The van der Waals surface area contributed by atoms with Crippen LogP contribution in [0.25, 0.3) is 0 Å². The van der Waals surface area contributed by atoms with E-state index in [0.717, 1.165) is 31.9 Å². The van der Waals surface area contributed by atoms with Gasteiger partial charge in [-0.25, -0.2) is 4.98 Å². The van der Waals surface area contributed by atoms with Gasteiger partial charge in [0, 0.05) is 36.4 Å². The third-order valence-corrected chi connectivity index (χ3v) is 4.07. The molecule has 4 heteroatoms. The predicted octanol–water partition coefficient (Wildman–Crippen LogP) is 3.76. The lowest BCUT2D eigenvalue weighted by molar-refractivity contribution is 0.674. The van der Waals surface area contributed by atoms with Crippen molar-refractivity contribution in [2.24, 2.45) is 0 Å². The first-order valence-corrected chi connectivity index (χ1v) is 8.02. The van der Waals surface area contributed by atoms with E-state index in [1.54, 1.807) is 0 Å². The van der Waals surface area contributed by atoms with Crippen LogP contribution in [-0.2, 0) is 19.5 Å². The van der Waals surface area contributed by atoms with Crippen LogP contribution in [0.15, 0.2) is 35.1 Å². The van der Waals surface area contributed by atoms with Crippen LogP contribution in [0.1, 0.15) is 37.2 Å². The summed E-state index contributed by atoms with van der Waals surface area (Å²) >= 11 is 3.69. The Labute approximate surface area is 129 Å². The Morgan fingerprint density at radius 3 is 2.85 bits per heavy atom. The molecule has 108 valence electrons. The monoisotopic (exact) mass is 335 g/mol. The van der Waals surface area contributed by atoms with E-state index >= 15 is 0 Å². The van der Waals surface area contributed by atoms with Gasteiger partial charge < -0.3 is 9.88 Å². The number of aryl methyl sites for hydroxylation is 1. The maximum atomic E-state index is 4.37. The zero-order valence-electron chi connectivity index (χ0n) is 12.2. The average Bonchev–Trinajstić information content (AvgIpc) is 2.89. The van der Waals surface area contributed by atoms with Crippen molar-refractivity contribution in [3.63, 3.8) is 0 Å². The molecule has 0 fully saturated rings. The summed E-state index contributed by atoms with van der Waals surface area (Å²) in [5.41, 5.74) is 2.60. The van der Waals surface area contributed by atoms with Crippen molar-refractivity contribution in [3.05, 3.63) is 52.0 Å². The lowest BCUT2D eigenvalue weighted by Crippen LogP contribution is -2.14. The maximum absolute atomic E-state index is 4.37. The molecule has 0 bridgehead atoms. The van der Waals surface area contributed by atoms with Gasteiger partial charge in [-0.1, -0.05) is 41.9 Å². The van der Waals surface area contributed by atoms with Gasteiger partial charge in [0.15, 0.2) is 0 Å². The Morgan fingerprint density at radius 1 is 1.30 bits per heavy atom. The van der Waals surface area contributed by atoms with E-state index in [-0.39, 0.29) is 0 Å². The predicted molar refractivity (Wildman–Crippen MR) is 86.8 cm³/mol. The highest BCUT2D eigenvalue weighted by molar-refractivity contribution is 9.10. The Hall–Kier alpha value is -1.13. The lowest BCUT2D eigenvalue weighted by atomic mass is 10.1. The van der Waals surface area contributed by atoms with E-state index in [9.17, 15) is 0 Å². The molecule has 3 nitrogen and oxygen atoms in total. The van der Waals surface area contributed by atoms with Crippen LogP contribution < -0.4 is 5.32 Å². The van der Waals surface area contributed by atoms with Crippen LogP contribution in [0.4, 0.5) is 0 Å². The molecule has 0 aliphatic heterocycles. The van der Waals surface area contributed by atoms with Gasteiger partial charge in [-0.15, -0.1) is 0 Å². The number of rotatable bonds is 7. The van der Waals surface area contributed by atoms with Crippen molar-refractivity contribution in [3.8, 4) is 0 Å². The third kappa shape index (κ3) is 3.93. The van der Waals surface area contributed by atoms with Crippen molar-refractivity contribution in [2.75, 3.05) is 6.54 Å². The van der Waals surface area contributed by atoms with Crippen LogP contribution in [0.3, 0.4) is 0 Å². The van der Waals surface area contributed by atoms with Gasteiger partial charge in [-0.3, -0.25) is 0 Å². The highest BCUT2D eigenvalue weighted by Gasteiger charge is 2.05. The fourth-order valence-corrected chi connectivity index (χ4v) is 2.77. The fourth-order valence-electron chi connectivity index (χ4n) is 2.22. The van der Waals surface area contributed by atoms with E-state index in [0.29, 0.717) is 0 Å². The van der Waals surface area contributed by atoms with Crippen LogP contribution in [0.2, 0.25) is 0 Å². The van der Waals surface area contributed by atoms with Crippen LogP contribution in [-0.4, -0.2) is 16.1 Å². The van der Waals surface area contributed by atoms with Gasteiger partial charge in [0.25, 0.3) is 0 Å². The molecule has 2 aromatic rings. The Balaban J connectivity index is 2.06. The summed E-state index contributed by atoms with van der Waals surface area (Å²) in [6, 6.07) is 6.61. The summed E-state index contributed by atoms with van der Waals surface area (Å²) in [5.74, 6) is 1.13. The van der Waals surface area contributed by atoms with Crippen molar-refractivity contribution >= 4 is 15.9 Å². The van der Waals surface area contributed by atoms with Gasteiger partial charge in [-0.05, 0) is 30.2 Å². The first-order chi connectivity index (χ1) is 9.74. The first-order valence-electron chi connectivity index (χ1n) is 7.22. The van der Waals surface area contributed by atoms with Crippen molar-refractivity contribution in [1.82, 2.24) is 14.9 Å². The standard InChI is InChI=1S/C16H22BrN3/c1-3-7-18-11-13-5-6-14(15(17)10-13)12-20-9-8-19-16(20)4-2/h5-6,8-10,18H,3-4,7,11-12H2,1-2H3. The molecule has 0 unspecified atom stereocenters. The molecular formula is C16H22BrN3. The van der Waals surface area contributed by atoms with E-state index in [1.165, 1.54) is 22.0 Å². The van der Waals surface area contributed by atoms with Gasteiger partial charge >= 0.3 is 0 Å². The molecule has 1 N–H and O–H groups in total. The summed E-state index contributed by atoms with van der Waals surface area (Å²) in [7, 11) is 0. The van der Waals surface area contributed by atoms with E-state index in [1.807, 2.05) is 12.4 Å². The Morgan fingerprint density at radius 2 is 2.15 bits per heavy atom. The summed E-state index contributed by atoms with van der Waals surface area (Å²) in [5, 5.41) is 3.43. The summed E-state index contributed by atoms with van der Waals surface area (Å²) in [6.07, 6.45) is 6.04. The molecule has 0 aliphatic rings. The van der Waals surface area contributed by atoms with Crippen molar-refractivity contribution < 1.29 is 0 Å². The molecule has 1 aromatic heterocycles. The smallest absolute Gasteiger partial charge is 0.108 e. The molecule has 0 atom stereocenters. The molecule has 0 saturated heterocycles. The molecule has 2 rings (SSSR count). The Bertz CT molecular complexity index is 548. The third-order valence-electron chi connectivity index (χ3n) is 3.33. The van der Waals surface area contributed by atoms with E-state index in [4.69, 9.17) is 0 Å². The molecule has 20 heavy (non-hydrogen) atoms. The SMILES string of the molecule is CCCNCc1ccc(Cn2ccnc2CC)c(Br)c1. The molecular weight excluding hydrogens is 314 g/mol. The second-order valence-corrected chi connectivity index (χ2v) is 5.78.